The number of carbonyl (C=O) groups is 3. The fourth-order valence-corrected chi connectivity index (χ4v) is 9.66. The van der Waals surface area contributed by atoms with Crippen molar-refractivity contribution >= 4 is 17.7 Å². The molecule has 0 saturated heterocycles. The van der Waals surface area contributed by atoms with E-state index in [9.17, 15) is 14.4 Å². The average molecular weight is 1300 g/mol. The second kappa shape index (κ2) is 66.2. The minimum absolute atomic E-state index is 0. The van der Waals surface area contributed by atoms with Crippen molar-refractivity contribution in [3.8, 4) is 17.2 Å². The van der Waals surface area contributed by atoms with E-state index in [4.69, 9.17) is 61.3 Å². The first-order valence-corrected chi connectivity index (χ1v) is 35.7. The summed E-state index contributed by atoms with van der Waals surface area (Å²) in [5.41, 5.74) is 0.829. The number of hydrogen-bond donors (Lipinski definition) is 2. The number of aromatic nitrogens is 2. The number of unbranched alkanes of at least 4 members (excludes halogenated alkanes) is 24. The van der Waals surface area contributed by atoms with E-state index in [1.54, 1.807) is 4.90 Å². The molecule has 21 heteroatoms. The highest BCUT2D eigenvalue weighted by Crippen LogP contribution is 2.22. The number of ether oxygens (including phenoxy) is 12. The fraction of sp³-hybridized carbons (Fsp3) is 0.843. The number of benzene rings is 1. The summed E-state index contributed by atoms with van der Waals surface area (Å²) in [6.45, 7) is 16.7. The van der Waals surface area contributed by atoms with Crippen molar-refractivity contribution < 1.29 is 78.5 Å². The molecule has 0 spiro atoms. The molecule has 0 aliphatic rings. The van der Waals surface area contributed by atoms with Crippen LogP contribution in [0.15, 0.2) is 28.7 Å². The van der Waals surface area contributed by atoms with Crippen LogP contribution in [0.3, 0.4) is 0 Å². The van der Waals surface area contributed by atoms with E-state index in [-0.39, 0.29) is 33.8 Å². The van der Waals surface area contributed by atoms with Gasteiger partial charge in [0.2, 0.25) is 29.5 Å². The molecule has 2 aromatic rings. The first kappa shape index (κ1) is 83.2. The predicted molar refractivity (Wildman–Crippen MR) is 361 cm³/mol. The van der Waals surface area contributed by atoms with Crippen LogP contribution < -0.4 is 15.4 Å². The molecule has 2 rings (SSSR count). The number of nitrogens with one attached hydrogen (secondary N) is 2. The molecule has 0 fully saturated rings. The van der Waals surface area contributed by atoms with Crippen LogP contribution in [0.1, 0.15) is 209 Å². The second-order valence-electron chi connectivity index (χ2n) is 23.0. The zero-order valence-electron chi connectivity index (χ0n) is 57.3. The summed E-state index contributed by atoms with van der Waals surface area (Å²) in [7, 11) is 0. The summed E-state index contributed by atoms with van der Waals surface area (Å²) in [4.78, 5) is 39.3. The number of hydrogen-bond acceptors (Lipinski definition) is 18. The molecule has 3 amide bonds. The van der Waals surface area contributed by atoms with Crippen molar-refractivity contribution in [3.63, 3.8) is 0 Å². The zero-order valence-corrected chi connectivity index (χ0v) is 57.3. The fourth-order valence-electron chi connectivity index (χ4n) is 9.66. The van der Waals surface area contributed by atoms with Crippen molar-refractivity contribution in [1.82, 2.24) is 25.7 Å². The summed E-state index contributed by atoms with van der Waals surface area (Å²) in [5.74, 6) is 1.79. The molecule has 0 aliphatic heterocycles. The lowest BCUT2D eigenvalue weighted by Crippen LogP contribution is -2.39. The second-order valence-corrected chi connectivity index (χ2v) is 23.0. The molecular weight excluding hydrogens is 1170 g/mol. The van der Waals surface area contributed by atoms with Gasteiger partial charge in [0, 0.05) is 53.9 Å². The van der Waals surface area contributed by atoms with Crippen molar-refractivity contribution in [2.45, 2.75) is 207 Å². The zero-order chi connectivity index (χ0) is 65.1. The normalized spacial score (nSPS) is 11.5. The molecule has 0 bridgehead atoms. The van der Waals surface area contributed by atoms with Gasteiger partial charge in [-0.3, -0.25) is 14.4 Å². The van der Waals surface area contributed by atoms with Crippen molar-refractivity contribution in [3.05, 3.63) is 30.2 Å². The maximum absolute atomic E-state index is 13.3. The summed E-state index contributed by atoms with van der Waals surface area (Å²) in [6.07, 6.45) is 35.4. The van der Waals surface area contributed by atoms with E-state index in [0.717, 1.165) is 31.2 Å². The Balaban J connectivity index is 0.0000423. The smallest absolute Gasteiger partial charge is 0.248 e. The van der Waals surface area contributed by atoms with E-state index in [2.05, 4.69) is 34.7 Å². The molecule has 532 valence electrons. The highest BCUT2D eigenvalue weighted by Gasteiger charge is 2.14. The minimum Gasteiger partial charge on any atom is -0.491 e. The Morgan fingerprint density at radius 2 is 0.703 bits per heavy atom. The standard InChI is InChI=1S/C70H127N5O16.2H2/c1-4-7-9-11-13-15-17-19-21-23-25-27-29-31-66(76)71-37-41-79-45-49-83-53-55-85-51-47-81-43-39-75(69(78)63-89-60-59-87-57-58-88-61-62-90-65-35-33-64(34-36-65)70-74-73-68(6-3)91-70)40-44-82-48-52-86-56-54-84-50-46-80-42-38-72-67(77)32-30-28-26-24-22-20-18-16-14-12-10-8-5-2;;/h33-36H,4-32,37-63H2,1-3H3,(H,71,76)(H,72,77);2*1H. The molecule has 91 heavy (non-hydrogen) atoms. The monoisotopic (exact) mass is 1300 g/mol. The molecule has 0 unspecified atom stereocenters. The van der Waals surface area contributed by atoms with Crippen LogP contribution in [-0.4, -0.2) is 211 Å². The van der Waals surface area contributed by atoms with Crippen LogP contribution in [0.4, 0.5) is 0 Å². The molecule has 0 saturated carbocycles. The molecule has 21 nitrogen and oxygen atoms in total. The Kier molecular flexibility index (Phi) is 60.5. The van der Waals surface area contributed by atoms with Gasteiger partial charge in [-0.1, -0.05) is 175 Å². The lowest BCUT2D eigenvalue weighted by Gasteiger charge is -2.23. The molecule has 2 N–H and O–H groups in total. The maximum Gasteiger partial charge on any atom is 0.248 e. The van der Waals surface area contributed by atoms with Gasteiger partial charge in [-0.15, -0.1) is 10.2 Å². The third kappa shape index (κ3) is 55.2. The van der Waals surface area contributed by atoms with Gasteiger partial charge in [0.05, 0.1) is 139 Å². The van der Waals surface area contributed by atoms with Crippen molar-refractivity contribution in [1.29, 1.82) is 0 Å². The molecule has 0 aliphatic carbocycles. The Hall–Kier alpha value is -3.87. The van der Waals surface area contributed by atoms with E-state index >= 15 is 0 Å². The van der Waals surface area contributed by atoms with Gasteiger partial charge in [0.15, 0.2) is 0 Å². The number of nitrogens with zero attached hydrogens (tertiary/aromatic N) is 3. The minimum atomic E-state index is -0.185. The van der Waals surface area contributed by atoms with Crippen LogP contribution in [0.25, 0.3) is 11.5 Å². The van der Waals surface area contributed by atoms with Crippen LogP contribution in [-0.2, 0) is 72.9 Å². The van der Waals surface area contributed by atoms with Crippen LogP contribution in [0.5, 0.6) is 5.75 Å². The number of carbonyl (C=O) groups excluding carboxylic acids is 3. The lowest BCUT2D eigenvalue weighted by atomic mass is 10.0. The van der Waals surface area contributed by atoms with E-state index in [0.29, 0.717) is 202 Å². The molecule has 1 aromatic heterocycles. The van der Waals surface area contributed by atoms with E-state index < -0.39 is 0 Å². The van der Waals surface area contributed by atoms with Crippen molar-refractivity contribution in [2.75, 3.05) is 178 Å². The highest BCUT2D eigenvalue weighted by atomic mass is 16.6. The number of rotatable bonds is 72. The Morgan fingerprint density at radius 3 is 1.05 bits per heavy atom. The van der Waals surface area contributed by atoms with Gasteiger partial charge in [0.25, 0.3) is 0 Å². The third-order valence-electron chi connectivity index (χ3n) is 15.1. The first-order chi connectivity index (χ1) is 45.0. The van der Waals surface area contributed by atoms with Crippen LogP contribution >= 0.6 is 0 Å². The molecule has 1 aromatic carbocycles. The predicted octanol–water partition coefficient (Wildman–Crippen LogP) is 12.4. The van der Waals surface area contributed by atoms with Crippen LogP contribution in [0.2, 0.25) is 0 Å². The third-order valence-corrected chi connectivity index (χ3v) is 15.1. The lowest BCUT2D eigenvalue weighted by molar-refractivity contribution is -0.138. The topological polar surface area (TPSA) is 228 Å². The van der Waals surface area contributed by atoms with Gasteiger partial charge < -0.3 is 76.8 Å². The Bertz CT molecular complexity index is 1830. The first-order valence-electron chi connectivity index (χ1n) is 35.7. The average Bonchev–Trinajstić information content (AvgIpc) is 2.46. The van der Waals surface area contributed by atoms with E-state index in [1.807, 2.05) is 31.2 Å². The van der Waals surface area contributed by atoms with Gasteiger partial charge in [-0.2, -0.15) is 0 Å². The Labute approximate surface area is 552 Å². The molecule has 0 radical (unpaired) electrons. The number of amides is 3. The molecule has 0 atom stereocenters. The van der Waals surface area contributed by atoms with Gasteiger partial charge in [0.1, 0.15) is 19.0 Å². The van der Waals surface area contributed by atoms with Gasteiger partial charge in [-0.05, 0) is 37.1 Å². The van der Waals surface area contributed by atoms with Gasteiger partial charge in [-0.25, -0.2) is 0 Å². The summed E-state index contributed by atoms with van der Waals surface area (Å²) >= 11 is 0. The summed E-state index contributed by atoms with van der Waals surface area (Å²) in [5, 5.41) is 14.0. The molecular formula is C70H131N5O16. The highest BCUT2D eigenvalue weighted by molar-refractivity contribution is 5.77. The Morgan fingerprint density at radius 1 is 0.385 bits per heavy atom. The van der Waals surface area contributed by atoms with E-state index in [1.165, 1.54) is 141 Å². The van der Waals surface area contributed by atoms with Gasteiger partial charge >= 0.3 is 0 Å². The maximum atomic E-state index is 13.3. The molecule has 1 heterocycles. The SMILES string of the molecule is CCCCCCCCCCCCCCCC(=O)NCCOCCOCCOCCOCCN(CCOCCOCCOCCOCCNC(=O)CCCCCCCCCCCCCCC)C(=O)COCCOCCOCCOc1ccc(-c2nnc(CC)o2)cc1.[HH].[HH]. The largest absolute Gasteiger partial charge is 0.491 e. The van der Waals surface area contributed by atoms with Crippen LogP contribution in [0, 0.1) is 0 Å². The summed E-state index contributed by atoms with van der Waals surface area (Å²) < 4.78 is 73.7. The summed E-state index contributed by atoms with van der Waals surface area (Å²) in [6, 6.07) is 7.46. The van der Waals surface area contributed by atoms with Crippen molar-refractivity contribution in [2.24, 2.45) is 0 Å². The quantitative estimate of drug-likeness (QED) is 0.0587. The number of aryl methyl sites for hydroxylation is 1.